The highest BCUT2D eigenvalue weighted by Gasteiger charge is 2.17. The smallest absolute Gasteiger partial charge is 0.240 e. The van der Waals surface area contributed by atoms with E-state index in [9.17, 15) is 8.78 Å². The van der Waals surface area contributed by atoms with E-state index < -0.39 is 12.5 Å². The van der Waals surface area contributed by atoms with Gasteiger partial charge in [-0.2, -0.15) is 0 Å². The zero-order valence-corrected chi connectivity index (χ0v) is 8.25. The summed E-state index contributed by atoms with van der Waals surface area (Å²) in [5.74, 6) is 0.850. The van der Waals surface area contributed by atoms with Gasteiger partial charge in [0.05, 0.1) is 6.61 Å². The van der Waals surface area contributed by atoms with E-state index in [0.717, 1.165) is 23.3 Å². The second-order valence-electron chi connectivity index (χ2n) is 3.70. The summed E-state index contributed by atoms with van der Waals surface area (Å²) in [5.41, 5.74) is 7.50. The molecule has 2 nitrogen and oxygen atoms in total. The number of halogens is 2. The molecule has 0 aromatic heterocycles. The van der Waals surface area contributed by atoms with Gasteiger partial charge in [0.1, 0.15) is 5.75 Å². The van der Waals surface area contributed by atoms with Gasteiger partial charge in [0.25, 0.3) is 0 Å². The van der Waals surface area contributed by atoms with Crippen LogP contribution in [-0.2, 0) is 6.42 Å². The summed E-state index contributed by atoms with van der Waals surface area (Å²) >= 11 is 0. The molecule has 0 spiro atoms. The Morgan fingerprint density at radius 3 is 2.93 bits per heavy atom. The van der Waals surface area contributed by atoms with Gasteiger partial charge in [0.15, 0.2) is 0 Å². The third-order valence-electron chi connectivity index (χ3n) is 2.57. The summed E-state index contributed by atoms with van der Waals surface area (Å²) in [5, 5.41) is 0. The number of rotatable bonds is 3. The Kier molecular flexibility index (Phi) is 2.86. The molecule has 1 aliphatic heterocycles. The maximum Gasteiger partial charge on any atom is 0.240 e. The minimum atomic E-state index is -2.36. The third kappa shape index (κ3) is 2.26. The van der Waals surface area contributed by atoms with Gasteiger partial charge in [-0.05, 0) is 17.2 Å². The molecule has 2 N–H and O–H groups in total. The predicted octanol–water partition coefficient (Wildman–Crippen LogP) is 2.28. The van der Waals surface area contributed by atoms with Crippen molar-refractivity contribution >= 4 is 0 Å². The Bertz CT molecular complexity index is 354. The number of hydrogen-bond donors (Lipinski definition) is 1. The lowest BCUT2D eigenvalue weighted by Crippen LogP contribution is -2.14. The molecule has 0 unspecified atom stereocenters. The monoisotopic (exact) mass is 213 g/mol. The van der Waals surface area contributed by atoms with Crippen LogP contribution in [0.4, 0.5) is 8.78 Å². The maximum absolute atomic E-state index is 12.1. The molecule has 82 valence electrons. The lowest BCUT2D eigenvalue weighted by atomic mass is 10.0. The van der Waals surface area contributed by atoms with Gasteiger partial charge < -0.3 is 10.5 Å². The van der Waals surface area contributed by atoms with Crippen LogP contribution in [0.15, 0.2) is 18.2 Å². The average molecular weight is 213 g/mol. The normalized spacial score (nSPS) is 16.3. The van der Waals surface area contributed by atoms with Crippen molar-refractivity contribution in [1.82, 2.24) is 0 Å². The second kappa shape index (κ2) is 4.14. The average Bonchev–Trinajstić information content (AvgIpc) is 2.62. The number of ether oxygens (including phenoxy) is 1. The molecular formula is C11H13F2NO. The molecule has 15 heavy (non-hydrogen) atoms. The molecular weight excluding hydrogens is 200 g/mol. The lowest BCUT2D eigenvalue weighted by Gasteiger charge is -2.12. The third-order valence-corrected chi connectivity index (χ3v) is 2.57. The summed E-state index contributed by atoms with van der Waals surface area (Å²) in [4.78, 5) is 0. The predicted molar refractivity (Wildman–Crippen MR) is 53.2 cm³/mol. The van der Waals surface area contributed by atoms with Crippen molar-refractivity contribution in [2.45, 2.75) is 25.3 Å². The highest BCUT2D eigenvalue weighted by Crippen LogP contribution is 2.29. The fourth-order valence-electron chi connectivity index (χ4n) is 1.77. The van der Waals surface area contributed by atoms with Crippen LogP contribution in [0.3, 0.4) is 0 Å². The van der Waals surface area contributed by atoms with Gasteiger partial charge in [-0.3, -0.25) is 0 Å². The van der Waals surface area contributed by atoms with E-state index in [1.165, 1.54) is 0 Å². The van der Waals surface area contributed by atoms with Crippen molar-refractivity contribution in [3.05, 3.63) is 29.3 Å². The Morgan fingerprint density at radius 2 is 2.20 bits per heavy atom. The molecule has 2 rings (SSSR count). The van der Waals surface area contributed by atoms with E-state index in [0.29, 0.717) is 6.61 Å². The zero-order chi connectivity index (χ0) is 10.8. The van der Waals surface area contributed by atoms with Gasteiger partial charge in [0, 0.05) is 18.9 Å². The van der Waals surface area contributed by atoms with Crippen molar-refractivity contribution < 1.29 is 13.5 Å². The minimum absolute atomic E-state index is 0.292. The van der Waals surface area contributed by atoms with E-state index in [1.807, 2.05) is 12.1 Å². The molecule has 1 aliphatic rings. The minimum Gasteiger partial charge on any atom is -0.493 e. The molecule has 0 saturated carbocycles. The van der Waals surface area contributed by atoms with E-state index in [1.54, 1.807) is 6.07 Å². The standard InChI is InChI=1S/C11H13F2NO/c12-11(13)6-9(14)7-1-2-10-8(5-7)3-4-15-10/h1-2,5,9,11H,3-4,6,14H2/t9-/m1/s1. The first-order valence-electron chi connectivity index (χ1n) is 4.96. The second-order valence-corrected chi connectivity index (χ2v) is 3.70. The van der Waals surface area contributed by atoms with Gasteiger partial charge in [-0.25, -0.2) is 8.78 Å². The molecule has 1 atom stereocenters. The van der Waals surface area contributed by atoms with Crippen molar-refractivity contribution in [3.8, 4) is 5.75 Å². The van der Waals surface area contributed by atoms with Crippen molar-refractivity contribution in [3.63, 3.8) is 0 Å². The summed E-state index contributed by atoms with van der Waals surface area (Å²) in [6, 6.07) is 4.85. The molecule has 0 radical (unpaired) electrons. The van der Waals surface area contributed by atoms with E-state index >= 15 is 0 Å². The van der Waals surface area contributed by atoms with Gasteiger partial charge in [-0.15, -0.1) is 0 Å². The Labute approximate surface area is 87.0 Å². The van der Waals surface area contributed by atoms with E-state index in [2.05, 4.69) is 0 Å². The van der Waals surface area contributed by atoms with Gasteiger partial charge in [0.2, 0.25) is 6.43 Å². The first kappa shape index (κ1) is 10.4. The van der Waals surface area contributed by atoms with Crippen LogP contribution in [0.5, 0.6) is 5.75 Å². The molecule has 0 amide bonds. The van der Waals surface area contributed by atoms with Crippen molar-refractivity contribution in [2.75, 3.05) is 6.61 Å². The van der Waals surface area contributed by atoms with Crippen molar-refractivity contribution in [1.29, 1.82) is 0 Å². The summed E-state index contributed by atoms with van der Waals surface area (Å²) < 4.78 is 29.6. The zero-order valence-electron chi connectivity index (χ0n) is 8.25. The van der Waals surface area contributed by atoms with Crippen molar-refractivity contribution in [2.24, 2.45) is 5.73 Å². The molecule has 1 aromatic carbocycles. The van der Waals surface area contributed by atoms with Crippen LogP contribution in [0.25, 0.3) is 0 Å². The van der Waals surface area contributed by atoms with Crippen LogP contribution in [0.1, 0.15) is 23.6 Å². The Morgan fingerprint density at radius 1 is 1.40 bits per heavy atom. The van der Waals surface area contributed by atoms with Crippen LogP contribution in [-0.4, -0.2) is 13.0 Å². The van der Waals surface area contributed by atoms with Crippen LogP contribution < -0.4 is 10.5 Å². The number of hydrogen-bond acceptors (Lipinski definition) is 2. The number of nitrogens with two attached hydrogens (primary N) is 1. The van der Waals surface area contributed by atoms with Crippen LogP contribution >= 0.6 is 0 Å². The maximum atomic E-state index is 12.1. The van der Waals surface area contributed by atoms with E-state index in [-0.39, 0.29) is 6.42 Å². The first-order chi connectivity index (χ1) is 7.16. The first-order valence-corrected chi connectivity index (χ1v) is 4.96. The number of fused-ring (bicyclic) bond motifs is 1. The Hall–Kier alpha value is -1.16. The quantitative estimate of drug-likeness (QED) is 0.836. The van der Waals surface area contributed by atoms with E-state index in [4.69, 9.17) is 10.5 Å². The number of benzene rings is 1. The molecule has 4 heteroatoms. The summed E-state index contributed by atoms with van der Waals surface area (Å²) in [6.45, 7) is 0.670. The van der Waals surface area contributed by atoms with Crippen LogP contribution in [0, 0.1) is 0 Å². The van der Waals surface area contributed by atoms with Gasteiger partial charge >= 0.3 is 0 Å². The molecule has 0 bridgehead atoms. The fourth-order valence-corrected chi connectivity index (χ4v) is 1.77. The highest BCUT2D eigenvalue weighted by atomic mass is 19.3. The molecule has 0 fully saturated rings. The molecule has 1 heterocycles. The topological polar surface area (TPSA) is 35.2 Å². The fraction of sp³-hybridized carbons (Fsp3) is 0.455. The summed E-state index contributed by atoms with van der Waals surface area (Å²) in [6.07, 6.45) is -1.81. The molecule has 0 aliphatic carbocycles. The van der Waals surface area contributed by atoms with Gasteiger partial charge in [-0.1, -0.05) is 12.1 Å². The lowest BCUT2D eigenvalue weighted by molar-refractivity contribution is 0.128. The molecule has 1 aromatic rings. The highest BCUT2D eigenvalue weighted by molar-refractivity contribution is 5.40. The number of alkyl halides is 2. The largest absolute Gasteiger partial charge is 0.493 e. The summed E-state index contributed by atoms with van der Waals surface area (Å²) in [7, 11) is 0. The van der Waals surface area contributed by atoms with Crippen LogP contribution in [0.2, 0.25) is 0 Å². The SMILES string of the molecule is N[C@H](CC(F)F)c1ccc2c(c1)CCO2. The Balaban J connectivity index is 2.15. The molecule has 0 saturated heterocycles.